The third kappa shape index (κ3) is 9.26. The molecule has 0 aliphatic carbocycles. The van der Waals surface area contributed by atoms with E-state index in [0.29, 0.717) is 17.1 Å². The van der Waals surface area contributed by atoms with Gasteiger partial charge in [-0.25, -0.2) is 8.42 Å². The van der Waals surface area contributed by atoms with Crippen molar-refractivity contribution in [2.24, 2.45) is 5.92 Å². The van der Waals surface area contributed by atoms with Gasteiger partial charge in [-0.3, -0.25) is 13.9 Å². The van der Waals surface area contributed by atoms with E-state index >= 15 is 0 Å². The molecule has 1 N–H and O–H groups in total. The second-order valence-corrected chi connectivity index (χ2v) is 14.5. The van der Waals surface area contributed by atoms with Crippen molar-refractivity contribution in [1.82, 2.24) is 10.2 Å². The minimum atomic E-state index is -4.27. The summed E-state index contributed by atoms with van der Waals surface area (Å²) < 4.78 is 29.3. The van der Waals surface area contributed by atoms with Crippen LogP contribution in [0.2, 0.25) is 15.1 Å². The lowest BCUT2D eigenvalue weighted by atomic mass is 10.0. The van der Waals surface area contributed by atoms with Crippen LogP contribution in [-0.2, 0) is 32.6 Å². The van der Waals surface area contributed by atoms with Gasteiger partial charge in [0.1, 0.15) is 12.6 Å². The average molecular weight is 701 g/mol. The summed E-state index contributed by atoms with van der Waals surface area (Å²) in [6.45, 7) is 5.60. The Bertz CT molecular complexity index is 1770. The van der Waals surface area contributed by atoms with Crippen molar-refractivity contribution in [1.29, 1.82) is 0 Å². The SMILES string of the molecule is Cc1ccc(S(=O)(=O)N(CC(=O)N(Cc2cccc(Cl)c2)[C@@H](Cc2ccccc2)C(=O)NCC(C)C)c2ccc(Cl)c(Cl)c2)cc1. The van der Waals surface area contributed by atoms with Crippen molar-refractivity contribution in [3.8, 4) is 0 Å². The summed E-state index contributed by atoms with van der Waals surface area (Å²) in [6.07, 6.45) is 0.203. The number of amides is 2. The fourth-order valence-electron chi connectivity index (χ4n) is 4.81. The Morgan fingerprint density at radius 3 is 2.11 bits per heavy atom. The molecule has 0 heterocycles. The number of rotatable bonds is 13. The van der Waals surface area contributed by atoms with Gasteiger partial charge in [-0.2, -0.15) is 0 Å². The molecule has 0 saturated carbocycles. The van der Waals surface area contributed by atoms with Crippen LogP contribution >= 0.6 is 34.8 Å². The van der Waals surface area contributed by atoms with Crippen LogP contribution in [0.25, 0.3) is 0 Å². The van der Waals surface area contributed by atoms with Gasteiger partial charge in [0.15, 0.2) is 0 Å². The van der Waals surface area contributed by atoms with Gasteiger partial charge in [-0.15, -0.1) is 0 Å². The molecule has 0 saturated heterocycles. The van der Waals surface area contributed by atoms with E-state index in [9.17, 15) is 18.0 Å². The predicted octanol–water partition coefficient (Wildman–Crippen LogP) is 7.56. The molecule has 11 heteroatoms. The number of benzene rings is 4. The lowest BCUT2D eigenvalue weighted by Gasteiger charge is -2.34. The van der Waals surface area contributed by atoms with Crippen molar-refractivity contribution in [2.45, 2.75) is 44.7 Å². The number of halogens is 3. The maximum Gasteiger partial charge on any atom is 0.264 e. The predicted molar refractivity (Wildman–Crippen MR) is 186 cm³/mol. The summed E-state index contributed by atoms with van der Waals surface area (Å²) in [5.74, 6) is -0.777. The zero-order valence-electron chi connectivity index (χ0n) is 25.8. The Morgan fingerprint density at radius 1 is 0.804 bits per heavy atom. The average Bonchev–Trinajstić information content (AvgIpc) is 3.02. The summed E-state index contributed by atoms with van der Waals surface area (Å²) in [4.78, 5) is 29.8. The number of carbonyl (C=O) groups is 2. The molecule has 0 radical (unpaired) electrons. The highest BCUT2D eigenvalue weighted by Crippen LogP contribution is 2.31. The quantitative estimate of drug-likeness (QED) is 0.156. The molecule has 0 spiro atoms. The van der Waals surface area contributed by atoms with Gasteiger partial charge in [0, 0.05) is 24.5 Å². The third-order valence-corrected chi connectivity index (χ3v) is 10.0. The Hall–Kier alpha value is -3.56. The highest BCUT2D eigenvalue weighted by atomic mass is 35.5. The molecule has 0 unspecified atom stereocenters. The van der Waals surface area contributed by atoms with Gasteiger partial charge in [-0.05, 0) is 66.4 Å². The molecule has 0 aliphatic rings. The summed E-state index contributed by atoms with van der Waals surface area (Å²) in [5, 5.41) is 3.80. The van der Waals surface area contributed by atoms with Crippen molar-refractivity contribution in [3.05, 3.63) is 129 Å². The molecular weight excluding hydrogens is 665 g/mol. The minimum absolute atomic E-state index is 0.00567. The van der Waals surface area contributed by atoms with Crippen molar-refractivity contribution >= 4 is 62.3 Å². The van der Waals surface area contributed by atoms with E-state index < -0.39 is 28.5 Å². The van der Waals surface area contributed by atoms with Crippen LogP contribution in [0.3, 0.4) is 0 Å². The number of sulfonamides is 1. The summed E-state index contributed by atoms with van der Waals surface area (Å²) in [5.41, 5.74) is 2.54. The van der Waals surface area contributed by atoms with Gasteiger partial charge >= 0.3 is 0 Å². The first kappa shape index (κ1) is 35.3. The Balaban J connectivity index is 1.82. The Morgan fingerprint density at radius 2 is 1.48 bits per heavy atom. The van der Waals surface area contributed by atoms with E-state index in [1.165, 1.54) is 35.2 Å². The molecule has 242 valence electrons. The molecule has 2 amide bonds. The fraction of sp³-hybridized carbons (Fsp3) is 0.257. The molecule has 4 aromatic rings. The van der Waals surface area contributed by atoms with Crippen LogP contribution in [0, 0.1) is 12.8 Å². The molecule has 4 aromatic carbocycles. The molecule has 0 bridgehead atoms. The standard InChI is InChI=1S/C35H36Cl3N3O4S/c1-24(2)21-39-35(43)33(19-26-8-5-4-6-9-26)40(22-27-10-7-11-28(36)18-27)34(42)23-41(29-14-17-31(37)32(38)20-29)46(44,45)30-15-12-25(3)13-16-30/h4-18,20,24,33H,19,21-23H2,1-3H3,(H,39,43)/t33-/m0/s1. The number of hydrogen-bond acceptors (Lipinski definition) is 4. The van der Waals surface area contributed by atoms with E-state index in [0.717, 1.165) is 15.4 Å². The molecule has 0 aromatic heterocycles. The zero-order chi connectivity index (χ0) is 33.4. The van der Waals surface area contributed by atoms with Crippen molar-refractivity contribution < 1.29 is 18.0 Å². The first-order valence-corrected chi connectivity index (χ1v) is 17.3. The van der Waals surface area contributed by atoms with Gasteiger partial charge in [0.25, 0.3) is 10.0 Å². The first-order chi connectivity index (χ1) is 21.8. The van der Waals surface area contributed by atoms with Crippen LogP contribution in [-0.4, -0.2) is 44.3 Å². The van der Waals surface area contributed by atoms with Crippen LogP contribution in [0.15, 0.2) is 102 Å². The fourth-order valence-corrected chi connectivity index (χ4v) is 6.73. The second kappa shape index (κ2) is 15.8. The van der Waals surface area contributed by atoms with Crippen molar-refractivity contribution in [2.75, 3.05) is 17.4 Å². The maximum absolute atomic E-state index is 14.5. The van der Waals surface area contributed by atoms with Crippen molar-refractivity contribution in [3.63, 3.8) is 0 Å². The Kier molecular flexibility index (Phi) is 12.1. The van der Waals surface area contributed by atoms with Crippen LogP contribution in [0.4, 0.5) is 5.69 Å². The Labute approximate surface area is 286 Å². The number of aryl methyl sites for hydroxylation is 1. The monoisotopic (exact) mass is 699 g/mol. The lowest BCUT2D eigenvalue weighted by molar-refractivity contribution is -0.140. The molecule has 0 aliphatic heterocycles. The van der Waals surface area contributed by atoms with Crippen LogP contribution in [0.1, 0.15) is 30.5 Å². The summed E-state index contributed by atoms with van der Waals surface area (Å²) in [7, 11) is -4.27. The van der Waals surface area contributed by atoms with E-state index in [2.05, 4.69) is 5.32 Å². The van der Waals surface area contributed by atoms with E-state index in [-0.39, 0.29) is 45.4 Å². The summed E-state index contributed by atoms with van der Waals surface area (Å²) in [6, 6.07) is 26.1. The lowest BCUT2D eigenvalue weighted by Crippen LogP contribution is -2.53. The van der Waals surface area contributed by atoms with E-state index in [1.807, 2.05) is 51.1 Å². The van der Waals surface area contributed by atoms with Gasteiger partial charge in [-0.1, -0.05) is 109 Å². The molecule has 7 nitrogen and oxygen atoms in total. The molecule has 46 heavy (non-hydrogen) atoms. The molecule has 1 atom stereocenters. The summed E-state index contributed by atoms with van der Waals surface area (Å²) >= 11 is 18.8. The number of nitrogens with one attached hydrogen (secondary N) is 1. The van der Waals surface area contributed by atoms with Gasteiger partial charge < -0.3 is 10.2 Å². The topological polar surface area (TPSA) is 86.8 Å². The number of nitrogens with zero attached hydrogens (tertiary/aromatic N) is 2. The first-order valence-electron chi connectivity index (χ1n) is 14.7. The molecule has 4 rings (SSSR count). The largest absolute Gasteiger partial charge is 0.354 e. The van der Waals surface area contributed by atoms with Crippen LogP contribution < -0.4 is 9.62 Å². The maximum atomic E-state index is 14.5. The molecule has 0 fully saturated rings. The number of carbonyl (C=O) groups excluding carboxylic acids is 2. The van der Waals surface area contributed by atoms with E-state index in [4.69, 9.17) is 34.8 Å². The highest BCUT2D eigenvalue weighted by Gasteiger charge is 2.35. The second-order valence-electron chi connectivity index (χ2n) is 11.4. The van der Waals surface area contributed by atoms with Crippen LogP contribution in [0.5, 0.6) is 0 Å². The third-order valence-electron chi connectivity index (χ3n) is 7.28. The van der Waals surface area contributed by atoms with E-state index in [1.54, 1.807) is 36.4 Å². The smallest absolute Gasteiger partial charge is 0.264 e. The van der Waals surface area contributed by atoms with Gasteiger partial charge in [0.2, 0.25) is 11.8 Å². The minimum Gasteiger partial charge on any atom is -0.354 e. The van der Waals surface area contributed by atoms with Gasteiger partial charge in [0.05, 0.1) is 20.6 Å². The highest BCUT2D eigenvalue weighted by molar-refractivity contribution is 7.92. The zero-order valence-corrected chi connectivity index (χ0v) is 28.9. The number of hydrogen-bond donors (Lipinski definition) is 1. The number of anilines is 1. The normalized spacial score (nSPS) is 12.1. The molecular formula is C35H36Cl3N3O4S.